The van der Waals surface area contributed by atoms with Gasteiger partial charge in [-0.3, -0.25) is 14.6 Å². The standard InChI is InChI=1S/C29H34ClN3O2/c1-23(24-8-4-2-5-9-24)31-28(34)22-35-21-20-32-16-18-33(19-17-32)29(25-10-6-3-7-11-25)26-12-14-27(30)15-13-26/h2-15,23,29H,16-22H2,1H3,(H,31,34)/t23-,29-/m1/s1. The first-order valence-electron chi connectivity index (χ1n) is 12.3. The minimum absolute atomic E-state index is 0.0291. The summed E-state index contributed by atoms with van der Waals surface area (Å²) < 4.78 is 5.68. The van der Waals surface area contributed by atoms with Crippen molar-refractivity contribution in [1.82, 2.24) is 15.1 Å². The van der Waals surface area contributed by atoms with Crippen LogP contribution in [0.4, 0.5) is 0 Å². The molecule has 4 rings (SSSR count). The summed E-state index contributed by atoms with van der Waals surface area (Å²) in [5.41, 5.74) is 3.64. The molecule has 5 nitrogen and oxygen atoms in total. The van der Waals surface area contributed by atoms with E-state index in [2.05, 4.69) is 57.6 Å². The van der Waals surface area contributed by atoms with Gasteiger partial charge < -0.3 is 10.1 Å². The summed E-state index contributed by atoms with van der Waals surface area (Å²) in [5, 5.41) is 3.75. The number of hydrogen-bond donors (Lipinski definition) is 1. The van der Waals surface area contributed by atoms with Crippen LogP contribution in [-0.4, -0.2) is 61.6 Å². The molecular formula is C29H34ClN3O2. The molecule has 1 fully saturated rings. The third kappa shape index (κ3) is 7.39. The fraction of sp³-hybridized carbons (Fsp3) is 0.345. The van der Waals surface area contributed by atoms with Crippen LogP contribution in [0.3, 0.4) is 0 Å². The first kappa shape index (κ1) is 25.4. The third-order valence-corrected chi connectivity index (χ3v) is 6.79. The smallest absolute Gasteiger partial charge is 0.246 e. The summed E-state index contributed by atoms with van der Waals surface area (Å²) in [6.45, 7) is 7.32. The van der Waals surface area contributed by atoms with Gasteiger partial charge in [0.2, 0.25) is 5.91 Å². The van der Waals surface area contributed by atoms with Gasteiger partial charge >= 0.3 is 0 Å². The number of benzene rings is 3. The van der Waals surface area contributed by atoms with Crippen LogP contribution in [-0.2, 0) is 9.53 Å². The van der Waals surface area contributed by atoms with Gasteiger partial charge in [-0.2, -0.15) is 0 Å². The Kier molecular flexibility index (Phi) is 9.32. The van der Waals surface area contributed by atoms with E-state index in [0.717, 1.165) is 43.3 Å². The summed E-state index contributed by atoms with van der Waals surface area (Å²) in [6.07, 6.45) is 0. The van der Waals surface area contributed by atoms with Crippen molar-refractivity contribution in [2.45, 2.75) is 19.0 Å². The maximum atomic E-state index is 12.2. The van der Waals surface area contributed by atoms with Crippen molar-refractivity contribution in [3.05, 3.63) is 107 Å². The van der Waals surface area contributed by atoms with E-state index < -0.39 is 0 Å². The molecule has 1 saturated heterocycles. The molecule has 6 heteroatoms. The molecule has 1 aliphatic rings. The average molecular weight is 492 g/mol. The van der Waals surface area contributed by atoms with Crippen LogP contribution in [0.15, 0.2) is 84.9 Å². The topological polar surface area (TPSA) is 44.8 Å². The Labute approximate surface area is 213 Å². The van der Waals surface area contributed by atoms with E-state index in [9.17, 15) is 4.79 Å². The van der Waals surface area contributed by atoms with Gasteiger partial charge in [-0.05, 0) is 35.7 Å². The summed E-state index contributed by atoms with van der Waals surface area (Å²) in [7, 11) is 0. The molecule has 2 atom stereocenters. The molecule has 35 heavy (non-hydrogen) atoms. The highest BCUT2D eigenvalue weighted by molar-refractivity contribution is 6.30. The van der Waals surface area contributed by atoms with Gasteiger partial charge in [-0.25, -0.2) is 0 Å². The Morgan fingerprint density at radius 3 is 2.06 bits per heavy atom. The first-order chi connectivity index (χ1) is 17.1. The molecule has 0 aliphatic carbocycles. The molecule has 1 amide bonds. The fourth-order valence-electron chi connectivity index (χ4n) is 4.61. The Hall–Kier alpha value is -2.70. The number of rotatable bonds is 10. The monoisotopic (exact) mass is 491 g/mol. The molecule has 1 heterocycles. The van der Waals surface area contributed by atoms with Gasteiger partial charge in [0.15, 0.2) is 0 Å². The highest BCUT2D eigenvalue weighted by atomic mass is 35.5. The number of carbonyl (C=O) groups is 1. The Morgan fingerprint density at radius 2 is 1.43 bits per heavy atom. The van der Waals surface area contributed by atoms with E-state index in [4.69, 9.17) is 16.3 Å². The zero-order valence-corrected chi connectivity index (χ0v) is 21.0. The van der Waals surface area contributed by atoms with Crippen LogP contribution >= 0.6 is 11.6 Å². The fourth-order valence-corrected chi connectivity index (χ4v) is 4.73. The maximum Gasteiger partial charge on any atom is 0.246 e. The number of nitrogens with zero attached hydrogens (tertiary/aromatic N) is 2. The van der Waals surface area contributed by atoms with Crippen molar-refractivity contribution in [2.24, 2.45) is 0 Å². The van der Waals surface area contributed by atoms with Crippen molar-refractivity contribution in [3.63, 3.8) is 0 Å². The predicted octanol–water partition coefficient (Wildman–Crippen LogP) is 4.94. The lowest BCUT2D eigenvalue weighted by atomic mass is 9.96. The second-order valence-corrected chi connectivity index (χ2v) is 9.43. The van der Waals surface area contributed by atoms with E-state index in [-0.39, 0.29) is 24.6 Å². The van der Waals surface area contributed by atoms with E-state index in [1.807, 2.05) is 49.4 Å². The van der Waals surface area contributed by atoms with E-state index in [0.29, 0.717) is 6.61 Å². The molecular weight excluding hydrogens is 458 g/mol. The van der Waals surface area contributed by atoms with Gasteiger partial charge in [-0.15, -0.1) is 0 Å². The normalized spacial score (nSPS) is 16.5. The molecule has 184 valence electrons. The molecule has 1 aliphatic heterocycles. The summed E-state index contributed by atoms with van der Waals surface area (Å²) >= 11 is 6.14. The Bertz CT molecular complexity index is 1040. The highest BCUT2D eigenvalue weighted by Crippen LogP contribution is 2.30. The molecule has 1 N–H and O–H groups in total. The predicted molar refractivity (Wildman–Crippen MR) is 142 cm³/mol. The lowest BCUT2D eigenvalue weighted by Crippen LogP contribution is -2.48. The number of nitrogens with one attached hydrogen (secondary N) is 1. The lowest BCUT2D eigenvalue weighted by Gasteiger charge is -2.39. The largest absolute Gasteiger partial charge is 0.370 e. The van der Waals surface area contributed by atoms with Gasteiger partial charge in [0, 0.05) is 37.7 Å². The molecule has 3 aromatic carbocycles. The molecule has 3 aromatic rings. The molecule has 0 aromatic heterocycles. The first-order valence-corrected chi connectivity index (χ1v) is 12.7. The summed E-state index contributed by atoms with van der Waals surface area (Å²) in [5.74, 6) is -0.0835. The number of carbonyl (C=O) groups excluding carboxylic acids is 1. The molecule has 0 bridgehead atoms. The van der Waals surface area contributed by atoms with Crippen molar-refractivity contribution >= 4 is 17.5 Å². The quantitative estimate of drug-likeness (QED) is 0.408. The van der Waals surface area contributed by atoms with Crippen LogP contribution in [0.1, 0.15) is 35.7 Å². The zero-order valence-electron chi connectivity index (χ0n) is 20.3. The molecule has 0 radical (unpaired) electrons. The second kappa shape index (κ2) is 12.8. The lowest BCUT2D eigenvalue weighted by molar-refractivity contribution is -0.126. The number of amides is 1. The zero-order chi connectivity index (χ0) is 24.5. The van der Waals surface area contributed by atoms with Gasteiger partial charge in [0.05, 0.1) is 18.7 Å². The van der Waals surface area contributed by atoms with E-state index in [1.165, 1.54) is 11.1 Å². The second-order valence-electron chi connectivity index (χ2n) is 8.99. The van der Waals surface area contributed by atoms with Crippen molar-refractivity contribution in [3.8, 4) is 0 Å². The molecule has 0 saturated carbocycles. The van der Waals surface area contributed by atoms with Gasteiger partial charge in [-0.1, -0.05) is 84.4 Å². The van der Waals surface area contributed by atoms with Gasteiger partial charge in [0.1, 0.15) is 6.61 Å². The van der Waals surface area contributed by atoms with Crippen molar-refractivity contribution in [2.75, 3.05) is 45.9 Å². The van der Waals surface area contributed by atoms with Crippen LogP contribution in [0.25, 0.3) is 0 Å². The highest BCUT2D eigenvalue weighted by Gasteiger charge is 2.26. The third-order valence-electron chi connectivity index (χ3n) is 6.54. The Morgan fingerprint density at radius 1 is 0.857 bits per heavy atom. The van der Waals surface area contributed by atoms with Crippen LogP contribution in [0.2, 0.25) is 5.02 Å². The van der Waals surface area contributed by atoms with Crippen LogP contribution in [0, 0.1) is 0 Å². The summed E-state index contributed by atoms with van der Waals surface area (Å²) in [6, 6.07) is 29.0. The van der Waals surface area contributed by atoms with Crippen LogP contribution in [0.5, 0.6) is 0 Å². The van der Waals surface area contributed by atoms with Crippen LogP contribution < -0.4 is 5.32 Å². The SMILES string of the molecule is C[C@@H](NC(=O)COCCN1CCN([C@H](c2ccccc2)c2ccc(Cl)cc2)CC1)c1ccccc1. The summed E-state index contributed by atoms with van der Waals surface area (Å²) in [4.78, 5) is 17.2. The van der Waals surface area contributed by atoms with Gasteiger partial charge in [0.25, 0.3) is 0 Å². The minimum Gasteiger partial charge on any atom is -0.370 e. The maximum absolute atomic E-state index is 12.2. The van der Waals surface area contributed by atoms with E-state index >= 15 is 0 Å². The minimum atomic E-state index is -0.0835. The number of piperazine rings is 1. The number of hydrogen-bond acceptors (Lipinski definition) is 4. The molecule has 0 spiro atoms. The number of halogens is 1. The Balaban J connectivity index is 1.22. The molecule has 0 unspecified atom stereocenters. The number of ether oxygens (including phenoxy) is 1. The van der Waals surface area contributed by atoms with E-state index in [1.54, 1.807) is 0 Å². The van der Waals surface area contributed by atoms with Crippen molar-refractivity contribution < 1.29 is 9.53 Å². The van der Waals surface area contributed by atoms with Crippen molar-refractivity contribution in [1.29, 1.82) is 0 Å². The average Bonchev–Trinajstić information content (AvgIpc) is 2.90.